The number of nitriles is 1. The van der Waals surface area contributed by atoms with Gasteiger partial charge in [0.1, 0.15) is 19.1 Å². The van der Waals surface area contributed by atoms with Crippen LogP contribution in [0.4, 0.5) is 0 Å². The molecule has 4 nitrogen and oxygen atoms in total. The molecule has 1 aromatic rings. The largest absolute Gasteiger partial charge is 0.486 e. The Morgan fingerprint density at radius 2 is 2.00 bits per heavy atom. The van der Waals surface area contributed by atoms with Crippen LogP contribution < -0.4 is 9.47 Å². The maximum absolute atomic E-state index is 12.0. The first kappa shape index (κ1) is 11.1. The molecule has 4 heteroatoms. The van der Waals surface area contributed by atoms with Crippen LogP contribution in [0.1, 0.15) is 24.3 Å². The van der Waals surface area contributed by atoms with E-state index in [1.165, 1.54) is 0 Å². The Bertz CT molecular complexity index is 528. The summed E-state index contributed by atoms with van der Waals surface area (Å²) >= 11 is 0. The monoisotopic (exact) mass is 243 g/mol. The van der Waals surface area contributed by atoms with Crippen LogP contribution in [-0.4, -0.2) is 19.0 Å². The van der Waals surface area contributed by atoms with Gasteiger partial charge >= 0.3 is 0 Å². The van der Waals surface area contributed by atoms with Crippen molar-refractivity contribution in [3.8, 4) is 17.6 Å². The number of hydrogen-bond acceptors (Lipinski definition) is 4. The summed E-state index contributed by atoms with van der Waals surface area (Å²) in [7, 11) is 0. The summed E-state index contributed by atoms with van der Waals surface area (Å²) in [6.07, 6.45) is 1.84. The fourth-order valence-corrected chi connectivity index (χ4v) is 2.15. The van der Waals surface area contributed by atoms with Gasteiger partial charge in [0.05, 0.1) is 6.07 Å². The van der Waals surface area contributed by atoms with Gasteiger partial charge in [0.15, 0.2) is 17.3 Å². The maximum atomic E-state index is 12.0. The van der Waals surface area contributed by atoms with Crippen LogP contribution >= 0.6 is 0 Å². The standard InChI is InChI=1S/C14H13NO3/c15-8-11(14(16)9-1-2-9)10-3-4-12-13(7-10)18-6-5-17-12/h3-4,7,9,11H,1-2,5-6H2. The zero-order valence-electron chi connectivity index (χ0n) is 9.89. The smallest absolute Gasteiger partial charge is 0.161 e. The van der Waals surface area contributed by atoms with E-state index in [0.29, 0.717) is 30.3 Å². The van der Waals surface area contributed by atoms with Crippen LogP contribution in [0.3, 0.4) is 0 Å². The lowest BCUT2D eigenvalue weighted by atomic mass is 9.93. The molecule has 0 saturated heterocycles. The fraction of sp³-hybridized carbons (Fsp3) is 0.429. The molecular weight excluding hydrogens is 230 g/mol. The Labute approximate surface area is 105 Å². The van der Waals surface area contributed by atoms with Crippen molar-refractivity contribution in [3.05, 3.63) is 23.8 Å². The van der Waals surface area contributed by atoms with Crippen LogP contribution in [0.5, 0.6) is 11.5 Å². The Balaban J connectivity index is 1.90. The molecule has 0 bridgehead atoms. The summed E-state index contributed by atoms with van der Waals surface area (Å²) in [5, 5.41) is 9.19. The molecule has 0 amide bonds. The lowest BCUT2D eigenvalue weighted by Crippen LogP contribution is -2.17. The van der Waals surface area contributed by atoms with E-state index in [1.54, 1.807) is 18.2 Å². The molecular formula is C14H13NO3. The molecule has 0 aromatic heterocycles. The van der Waals surface area contributed by atoms with E-state index in [4.69, 9.17) is 9.47 Å². The zero-order chi connectivity index (χ0) is 12.5. The number of rotatable bonds is 3. The quantitative estimate of drug-likeness (QED) is 0.815. The van der Waals surface area contributed by atoms with Crippen molar-refractivity contribution in [1.82, 2.24) is 0 Å². The van der Waals surface area contributed by atoms with Crippen molar-refractivity contribution in [3.63, 3.8) is 0 Å². The molecule has 1 aliphatic carbocycles. The number of ether oxygens (including phenoxy) is 2. The van der Waals surface area contributed by atoms with E-state index < -0.39 is 5.92 Å². The van der Waals surface area contributed by atoms with Crippen LogP contribution in [-0.2, 0) is 4.79 Å². The predicted octanol–water partition coefficient (Wildman–Crippen LogP) is 2.04. The zero-order valence-corrected chi connectivity index (χ0v) is 9.89. The molecule has 3 rings (SSSR count). The number of Topliss-reactive ketones (excluding diaryl/α,β-unsaturated/α-hetero) is 1. The van der Waals surface area contributed by atoms with Gasteiger partial charge in [-0.25, -0.2) is 0 Å². The first-order chi connectivity index (χ1) is 8.79. The minimum absolute atomic E-state index is 0.0363. The summed E-state index contributed by atoms with van der Waals surface area (Å²) in [4.78, 5) is 12.0. The predicted molar refractivity (Wildman–Crippen MR) is 63.5 cm³/mol. The summed E-state index contributed by atoms with van der Waals surface area (Å²) < 4.78 is 10.9. The molecule has 1 aliphatic heterocycles. The molecule has 18 heavy (non-hydrogen) atoms. The lowest BCUT2D eigenvalue weighted by molar-refractivity contribution is -0.120. The highest BCUT2D eigenvalue weighted by atomic mass is 16.6. The van der Waals surface area contributed by atoms with E-state index in [1.807, 2.05) is 0 Å². The summed E-state index contributed by atoms with van der Waals surface area (Å²) in [6, 6.07) is 7.40. The Morgan fingerprint density at radius 3 is 2.67 bits per heavy atom. The molecule has 1 aromatic carbocycles. The Morgan fingerprint density at radius 1 is 1.28 bits per heavy atom. The number of benzene rings is 1. The van der Waals surface area contributed by atoms with Crippen molar-refractivity contribution in [2.45, 2.75) is 18.8 Å². The van der Waals surface area contributed by atoms with Gasteiger partial charge in [-0.05, 0) is 30.5 Å². The minimum Gasteiger partial charge on any atom is -0.486 e. The van der Waals surface area contributed by atoms with Crippen molar-refractivity contribution in [2.75, 3.05) is 13.2 Å². The summed E-state index contributed by atoms with van der Waals surface area (Å²) in [5.74, 6) is 0.758. The van der Waals surface area contributed by atoms with E-state index in [-0.39, 0.29) is 11.7 Å². The van der Waals surface area contributed by atoms with Gasteiger partial charge in [-0.15, -0.1) is 0 Å². The molecule has 1 saturated carbocycles. The molecule has 1 atom stereocenters. The summed E-state index contributed by atoms with van der Waals surface area (Å²) in [6.45, 7) is 1.04. The van der Waals surface area contributed by atoms with E-state index in [0.717, 1.165) is 12.8 Å². The van der Waals surface area contributed by atoms with Gasteiger partial charge in [0.2, 0.25) is 0 Å². The second-order valence-electron chi connectivity index (χ2n) is 4.64. The lowest BCUT2D eigenvalue weighted by Gasteiger charge is -2.19. The average Bonchev–Trinajstić information content (AvgIpc) is 3.23. The number of fused-ring (bicyclic) bond motifs is 1. The highest BCUT2D eigenvalue weighted by molar-refractivity contribution is 5.92. The number of carbonyl (C=O) groups is 1. The van der Waals surface area contributed by atoms with Gasteiger partial charge in [0, 0.05) is 5.92 Å². The molecule has 1 unspecified atom stereocenters. The average molecular weight is 243 g/mol. The maximum Gasteiger partial charge on any atom is 0.161 e. The molecule has 92 valence electrons. The van der Waals surface area contributed by atoms with Crippen molar-refractivity contribution in [1.29, 1.82) is 5.26 Å². The SMILES string of the molecule is N#CC(C(=O)C1CC1)c1ccc2c(c1)OCCO2. The molecule has 1 heterocycles. The second kappa shape index (κ2) is 4.34. The number of carbonyl (C=O) groups excluding carboxylic acids is 1. The van der Waals surface area contributed by atoms with E-state index >= 15 is 0 Å². The van der Waals surface area contributed by atoms with Crippen molar-refractivity contribution in [2.24, 2.45) is 5.92 Å². The molecule has 0 spiro atoms. The van der Waals surface area contributed by atoms with Gasteiger partial charge in [0.25, 0.3) is 0 Å². The molecule has 2 aliphatic rings. The first-order valence-corrected chi connectivity index (χ1v) is 6.12. The van der Waals surface area contributed by atoms with E-state index in [2.05, 4.69) is 6.07 Å². The first-order valence-electron chi connectivity index (χ1n) is 6.12. The summed E-state index contributed by atoms with van der Waals surface area (Å²) in [5.41, 5.74) is 0.707. The topological polar surface area (TPSA) is 59.3 Å². The number of hydrogen-bond donors (Lipinski definition) is 0. The third-order valence-electron chi connectivity index (χ3n) is 3.29. The van der Waals surface area contributed by atoms with Crippen molar-refractivity contribution >= 4 is 5.78 Å². The second-order valence-corrected chi connectivity index (χ2v) is 4.64. The van der Waals surface area contributed by atoms with Crippen LogP contribution in [0.15, 0.2) is 18.2 Å². The highest BCUT2D eigenvalue weighted by Crippen LogP contribution is 2.38. The normalized spacial score (nSPS) is 18.8. The number of ketones is 1. The fourth-order valence-electron chi connectivity index (χ4n) is 2.15. The minimum atomic E-state index is -0.673. The van der Waals surface area contributed by atoms with Crippen LogP contribution in [0.25, 0.3) is 0 Å². The van der Waals surface area contributed by atoms with Gasteiger partial charge in [-0.3, -0.25) is 4.79 Å². The van der Waals surface area contributed by atoms with E-state index in [9.17, 15) is 10.1 Å². The van der Waals surface area contributed by atoms with Gasteiger partial charge in [-0.2, -0.15) is 5.26 Å². The molecule has 0 N–H and O–H groups in total. The van der Waals surface area contributed by atoms with Crippen molar-refractivity contribution < 1.29 is 14.3 Å². The third-order valence-corrected chi connectivity index (χ3v) is 3.29. The molecule has 1 fully saturated rings. The Kier molecular flexibility index (Phi) is 2.67. The van der Waals surface area contributed by atoms with Crippen LogP contribution in [0, 0.1) is 17.2 Å². The third kappa shape index (κ3) is 1.92. The number of nitrogens with zero attached hydrogens (tertiary/aromatic N) is 1. The highest BCUT2D eigenvalue weighted by Gasteiger charge is 2.36. The Hall–Kier alpha value is -2.02. The van der Waals surface area contributed by atoms with Gasteiger partial charge in [-0.1, -0.05) is 6.07 Å². The van der Waals surface area contributed by atoms with Gasteiger partial charge < -0.3 is 9.47 Å². The molecule has 0 radical (unpaired) electrons. The van der Waals surface area contributed by atoms with Crippen LogP contribution in [0.2, 0.25) is 0 Å².